The zero-order valence-corrected chi connectivity index (χ0v) is 15.8. The summed E-state index contributed by atoms with van der Waals surface area (Å²) in [6.45, 7) is 5.90. The van der Waals surface area contributed by atoms with Gasteiger partial charge in [0.2, 0.25) is 15.9 Å². The van der Waals surface area contributed by atoms with E-state index < -0.39 is 10.0 Å². The molecular weight excluding hydrogens is 340 g/mol. The number of hydrogen-bond acceptors (Lipinski definition) is 4. The third kappa shape index (κ3) is 5.52. The summed E-state index contributed by atoms with van der Waals surface area (Å²) in [7, 11) is -3.43. The highest BCUT2D eigenvalue weighted by Crippen LogP contribution is 2.17. The minimum Gasteiger partial charge on any atom is -0.376 e. The van der Waals surface area contributed by atoms with E-state index in [0.717, 1.165) is 25.0 Å². The van der Waals surface area contributed by atoms with E-state index in [1.54, 1.807) is 24.3 Å². The Hall–Kier alpha value is -1.44. The lowest BCUT2D eigenvalue weighted by molar-refractivity contribution is -0.121. The molecule has 1 fully saturated rings. The third-order valence-electron chi connectivity index (χ3n) is 4.46. The van der Waals surface area contributed by atoms with Gasteiger partial charge in [-0.05, 0) is 37.0 Å². The van der Waals surface area contributed by atoms with Gasteiger partial charge in [-0.3, -0.25) is 4.79 Å². The smallest absolute Gasteiger partial charge is 0.243 e. The van der Waals surface area contributed by atoms with Gasteiger partial charge in [0, 0.05) is 32.7 Å². The molecular formula is C18H28N2O4S. The predicted octanol–water partition coefficient (Wildman–Crippen LogP) is 1.94. The van der Waals surface area contributed by atoms with Crippen LogP contribution in [-0.4, -0.2) is 51.0 Å². The molecule has 0 aliphatic carbocycles. The van der Waals surface area contributed by atoms with Gasteiger partial charge in [-0.1, -0.05) is 26.0 Å². The summed E-state index contributed by atoms with van der Waals surface area (Å²) in [5.41, 5.74) is 0.950. The largest absolute Gasteiger partial charge is 0.376 e. The van der Waals surface area contributed by atoms with Gasteiger partial charge in [-0.15, -0.1) is 0 Å². The third-order valence-corrected chi connectivity index (χ3v) is 6.52. The van der Waals surface area contributed by atoms with Crippen LogP contribution in [-0.2, 0) is 26.0 Å². The molecule has 2 rings (SSSR count). The van der Waals surface area contributed by atoms with Gasteiger partial charge in [-0.2, -0.15) is 4.31 Å². The molecule has 1 aromatic carbocycles. The van der Waals surface area contributed by atoms with Crippen LogP contribution in [0.5, 0.6) is 0 Å². The van der Waals surface area contributed by atoms with Gasteiger partial charge in [0.25, 0.3) is 0 Å². The topological polar surface area (TPSA) is 75.7 Å². The molecule has 1 aromatic rings. The van der Waals surface area contributed by atoms with Crippen LogP contribution in [0, 0.1) is 0 Å². The zero-order chi connectivity index (χ0) is 18.3. The van der Waals surface area contributed by atoms with Gasteiger partial charge in [0.05, 0.1) is 11.0 Å². The first kappa shape index (κ1) is 19.9. The quantitative estimate of drug-likeness (QED) is 0.723. The van der Waals surface area contributed by atoms with E-state index in [1.165, 1.54) is 4.31 Å². The molecule has 1 amide bonds. The molecule has 1 saturated heterocycles. The Kier molecular flexibility index (Phi) is 7.40. The predicted molar refractivity (Wildman–Crippen MR) is 96.9 cm³/mol. The Bertz CT molecular complexity index is 648. The molecule has 0 bridgehead atoms. The number of hydrogen-bond donors (Lipinski definition) is 1. The van der Waals surface area contributed by atoms with Crippen molar-refractivity contribution in [2.45, 2.75) is 50.5 Å². The lowest BCUT2D eigenvalue weighted by Gasteiger charge is -2.18. The van der Waals surface area contributed by atoms with E-state index in [2.05, 4.69) is 5.32 Å². The molecule has 0 unspecified atom stereocenters. The summed E-state index contributed by atoms with van der Waals surface area (Å²) in [6, 6.07) is 6.80. The van der Waals surface area contributed by atoms with E-state index in [1.807, 2.05) is 13.8 Å². The SMILES string of the molecule is CCN(CC)S(=O)(=O)c1ccc(CCC(=O)NC[C@H]2CCCO2)cc1. The first-order chi connectivity index (χ1) is 12.0. The lowest BCUT2D eigenvalue weighted by atomic mass is 10.1. The molecule has 1 heterocycles. The number of carbonyl (C=O) groups excluding carboxylic acids is 1. The van der Waals surface area contributed by atoms with Crippen LogP contribution in [0.3, 0.4) is 0 Å². The summed E-state index contributed by atoms with van der Waals surface area (Å²) in [5.74, 6) is -0.00432. The summed E-state index contributed by atoms with van der Waals surface area (Å²) in [5, 5.41) is 2.89. The first-order valence-electron chi connectivity index (χ1n) is 8.94. The van der Waals surface area contributed by atoms with E-state index in [0.29, 0.717) is 37.4 Å². The van der Waals surface area contributed by atoms with Crippen molar-refractivity contribution >= 4 is 15.9 Å². The summed E-state index contributed by atoms with van der Waals surface area (Å²) >= 11 is 0. The number of nitrogens with zero attached hydrogens (tertiary/aromatic N) is 1. The Balaban J connectivity index is 1.84. The average Bonchev–Trinajstić information content (AvgIpc) is 3.13. The molecule has 6 nitrogen and oxygen atoms in total. The van der Waals surface area contributed by atoms with Crippen molar-refractivity contribution in [3.63, 3.8) is 0 Å². The van der Waals surface area contributed by atoms with E-state index >= 15 is 0 Å². The van der Waals surface area contributed by atoms with Crippen LogP contribution in [0.25, 0.3) is 0 Å². The molecule has 0 saturated carbocycles. The highest BCUT2D eigenvalue weighted by molar-refractivity contribution is 7.89. The number of carbonyl (C=O) groups is 1. The van der Waals surface area contributed by atoms with Crippen LogP contribution < -0.4 is 5.32 Å². The Morgan fingerprint density at radius 2 is 1.92 bits per heavy atom. The summed E-state index contributed by atoms with van der Waals surface area (Å²) in [6.07, 6.45) is 3.18. The highest BCUT2D eigenvalue weighted by atomic mass is 32.2. The van der Waals surface area contributed by atoms with E-state index in [9.17, 15) is 13.2 Å². The molecule has 1 aliphatic heterocycles. The van der Waals surface area contributed by atoms with E-state index in [4.69, 9.17) is 4.74 Å². The minimum absolute atomic E-state index is 0.00432. The number of sulfonamides is 1. The maximum absolute atomic E-state index is 12.4. The normalized spacial score (nSPS) is 17.8. The number of ether oxygens (including phenoxy) is 1. The van der Waals surface area contributed by atoms with Gasteiger partial charge in [0.1, 0.15) is 0 Å². The summed E-state index contributed by atoms with van der Waals surface area (Å²) in [4.78, 5) is 12.2. The molecule has 1 aliphatic rings. The second-order valence-corrected chi connectivity index (χ2v) is 8.11. The minimum atomic E-state index is -3.43. The number of aryl methyl sites for hydroxylation is 1. The average molecular weight is 368 g/mol. The van der Waals surface area contributed by atoms with Crippen molar-refractivity contribution in [2.75, 3.05) is 26.2 Å². The Morgan fingerprint density at radius 1 is 1.24 bits per heavy atom. The second kappa shape index (κ2) is 9.31. The molecule has 0 spiro atoms. The maximum Gasteiger partial charge on any atom is 0.243 e. The van der Waals surface area contributed by atoms with Crippen molar-refractivity contribution < 1.29 is 17.9 Å². The van der Waals surface area contributed by atoms with Gasteiger partial charge < -0.3 is 10.1 Å². The molecule has 0 radical (unpaired) electrons. The Morgan fingerprint density at radius 3 is 2.48 bits per heavy atom. The van der Waals surface area contributed by atoms with Crippen molar-refractivity contribution in [1.82, 2.24) is 9.62 Å². The van der Waals surface area contributed by atoms with Gasteiger partial charge in [-0.25, -0.2) is 8.42 Å². The van der Waals surface area contributed by atoms with Crippen LogP contribution in [0.15, 0.2) is 29.2 Å². The first-order valence-corrected chi connectivity index (χ1v) is 10.4. The summed E-state index contributed by atoms with van der Waals surface area (Å²) < 4.78 is 31.8. The fourth-order valence-corrected chi connectivity index (χ4v) is 4.38. The number of rotatable bonds is 9. The molecule has 0 aromatic heterocycles. The van der Waals surface area contributed by atoms with Crippen molar-refractivity contribution in [2.24, 2.45) is 0 Å². The monoisotopic (exact) mass is 368 g/mol. The lowest BCUT2D eigenvalue weighted by Crippen LogP contribution is -2.31. The van der Waals surface area contributed by atoms with Crippen LogP contribution in [0.1, 0.15) is 38.7 Å². The van der Waals surface area contributed by atoms with Gasteiger partial charge in [0.15, 0.2) is 0 Å². The Labute approximate surface area is 150 Å². The van der Waals surface area contributed by atoms with Crippen molar-refractivity contribution in [3.8, 4) is 0 Å². The molecule has 140 valence electrons. The fourth-order valence-electron chi connectivity index (χ4n) is 2.92. The molecule has 1 atom stereocenters. The van der Waals surface area contributed by atoms with Crippen LogP contribution >= 0.6 is 0 Å². The van der Waals surface area contributed by atoms with Crippen molar-refractivity contribution in [1.29, 1.82) is 0 Å². The molecule has 1 N–H and O–H groups in total. The standard InChI is InChI=1S/C18H28N2O4S/c1-3-20(4-2)25(22,23)17-10-7-15(8-11-17)9-12-18(21)19-14-16-6-5-13-24-16/h7-8,10-11,16H,3-6,9,12-14H2,1-2H3,(H,19,21)/t16-/m1/s1. The number of nitrogens with one attached hydrogen (secondary N) is 1. The molecule has 25 heavy (non-hydrogen) atoms. The fraction of sp³-hybridized carbons (Fsp3) is 0.611. The van der Waals surface area contributed by atoms with E-state index in [-0.39, 0.29) is 12.0 Å². The second-order valence-electron chi connectivity index (χ2n) is 6.17. The maximum atomic E-state index is 12.4. The van der Waals surface area contributed by atoms with Crippen LogP contribution in [0.4, 0.5) is 0 Å². The number of amides is 1. The number of benzene rings is 1. The van der Waals surface area contributed by atoms with Crippen molar-refractivity contribution in [3.05, 3.63) is 29.8 Å². The molecule has 7 heteroatoms. The zero-order valence-electron chi connectivity index (χ0n) is 15.0. The highest BCUT2D eigenvalue weighted by Gasteiger charge is 2.21. The van der Waals surface area contributed by atoms with Gasteiger partial charge >= 0.3 is 0 Å². The van der Waals surface area contributed by atoms with Crippen LogP contribution in [0.2, 0.25) is 0 Å².